The highest BCUT2D eigenvalue weighted by atomic mass is 16.2. The van der Waals surface area contributed by atoms with E-state index in [0.29, 0.717) is 18.7 Å². The first kappa shape index (κ1) is 17.3. The number of nitrogens with zero attached hydrogens (tertiary/aromatic N) is 1. The van der Waals surface area contributed by atoms with Gasteiger partial charge in [0.15, 0.2) is 5.78 Å². The molecule has 2 aromatic carbocycles. The Balaban J connectivity index is 1.70. The lowest BCUT2D eigenvalue weighted by Crippen LogP contribution is -2.42. The number of Topliss-reactive ketones (excluding diaryl/α,β-unsaturated/α-hetero) is 2. The lowest BCUT2D eigenvalue weighted by atomic mass is 9.89. The number of hydrogen-bond donors (Lipinski definition) is 0. The molecule has 1 atom stereocenters. The fraction of sp³-hybridized carbons (Fsp3) is 0.381. The van der Waals surface area contributed by atoms with Crippen LogP contribution in [0.15, 0.2) is 42.5 Å². The molecule has 25 heavy (non-hydrogen) atoms. The Morgan fingerprint density at radius 1 is 1.04 bits per heavy atom. The number of ketones is 2. The van der Waals surface area contributed by atoms with Gasteiger partial charge in [0.1, 0.15) is 5.78 Å². The maximum atomic E-state index is 12.9. The lowest BCUT2D eigenvalue weighted by molar-refractivity contribution is -0.134. The summed E-state index contributed by atoms with van der Waals surface area (Å²) in [6, 6.07) is 13.8. The van der Waals surface area contributed by atoms with Crippen molar-refractivity contribution in [2.75, 3.05) is 13.1 Å². The summed E-state index contributed by atoms with van der Waals surface area (Å²) in [6.07, 6.45) is 2.16. The van der Waals surface area contributed by atoms with Crippen LogP contribution >= 0.6 is 0 Å². The molecule has 0 N–H and O–H groups in total. The minimum Gasteiger partial charge on any atom is -0.342 e. The summed E-state index contributed by atoms with van der Waals surface area (Å²) < 4.78 is 0. The molecule has 0 aliphatic carbocycles. The largest absolute Gasteiger partial charge is 0.342 e. The molecule has 3 rings (SSSR count). The zero-order chi connectivity index (χ0) is 17.8. The Labute approximate surface area is 147 Å². The van der Waals surface area contributed by atoms with Crippen LogP contribution < -0.4 is 0 Å². The van der Waals surface area contributed by atoms with Gasteiger partial charge in [0.25, 0.3) is 0 Å². The Morgan fingerprint density at radius 2 is 1.80 bits per heavy atom. The highest BCUT2D eigenvalue weighted by Gasteiger charge is 2.29. The van der Waals surface area contributed by atoms with Gasteiger partial charge in [-0.15, -0.1) is 0 Å². The molecular formula is C21H23NO3. The number of benzene rings is 2. The van der Waals surface area contributed by atoms with E-state index in [2.05, 4.69) is 0 Å². The molecule has 4 heteroatoms. The summed E-state index contributed by atoms with van der Waals surface area (Å²) in [4.78, 5) is 37.9. The van der Waals surface area contributed by atoms with Crippen LogP contribution in [-0.4, -0.2) is 35.5 Å². The van der Waals surface area contributed by atoms with Crippen LogP contribution in [0.25, 0.3) is 10.8 Å². The van der Waals surface area contributed by atoms with E-state index in [0.717, 1.165) is 23.6 Å². The molecule has 1 aliphatic rings. The maximum Gasteiger partial charge on any atom is 0.223 e. The predicted octanol–water partition coefficient (Wildman–Crippen LogP) is 3.63. The number of likely N-dealkylation sites (tertiary alicyclic amines) is 1. The van der Waals surface area contributed by atoms with Crippen LogP contribution in [0.3, 0.4) is 0 Å². The smallest absolute Gasteiger partial charge is 0.223 e. The van der Waals surface area contributed by atoms with Crippen molar-refractivity contribution in [2.45, 2.75) is 32.6 Å². The molecule has 2 aromatic rings. The van der Waals surface area contributed by atoms with Crippen LogP contribution in [0.1, 0.15) is 43.0 Å². The van der Waals surface area contributed by atoms with Gasteiger partial charge in [-0.05, 0) is 36.6 Å². The van der Waals surface area contributed by atoms with E-state index in [1.165, 1.54) is 6.92 Å². The molecular weight excluding hydrogens is 314 g/mol. The van der Waals surface area contributed by atoms with Gasteiger partial charge in [-0.25, -0.2) is 0 Å². The first-order chi connectivity index (χ1) is 12.0. The van der Waals surface area contributed by atoms with E-state index in [4.69, 9.17) is 0 Å². The average molecular weight is 337 g/mol. The number of rotatable bonds is 5. The average Bonchev–Trinajstić information content (AvgIpc) is 2.65. The second-order valence-corrected chi connectivity index (χ2v) is 6.81. The van der Waals surface area contributed by atoms with E-state index in [-0.39, 0.29) is 36.2 Å². The van der Waals surface area contributed by atoms with Gasteiger partial charge < -0.3 is 9.69 Å². The molecule has 1 heterocycles. The number of amides is 1. The van der Waals surface area contributed by atoms with Crippen LogP contribution in [-0.2, 0) is 9.59 Å². The Kier molecular flexibility index (Phi) is 5.27. The van der Waals surface area contributed by atoms with Crippen molar-refractivity contribution in [3.63, 3.8) is 0 Å². The molecule has 1 amide bonds. The van der Waals surface area contributed by atoms with E-state index in [1.54, 1.807) is 4.90 Å². The molecule has 130 valence electrons. The third-order valence-corrected chi connectivity index (χ3v) is 4.87. The van der Waals surface area contributed by atoms with Crippen molar-refractivity contribution in [1.29, 1.82) is 0 Å². The third-order valence-electron chi connectivity index (χ3n) is 4.87. The predicted molar refractivity (Wildman–Crippen MR) is 97.5 cm³/mol. The summed E-state index contributed by atoms with van der Waals surface area (Å²) in [5.41, 5.74) is 0.710. The summed E-state index contributed by atoms with van der Waals surface area (Å²) in [5, 5.41) is 2.17. The maximum absolute atomic E-state index is 12.9. The van der Waals surface area contributed by atoms with Crippen molar-refractivity contribution in [3.05, 3.63) is 48.0 Å². The zero-order valence-electron chi connectivity index (χ0n) is 14.5. The number of hydrogen-bond acceptors (Lipinski definition) is 3. The third kappa shape index (κ3) is 4.13. The summed E-state index contributed by atoms with van der Waals surface area (Å²) >= 11 is 0. The van der Waals surface area contributed by atoms with Crippen molar-refractivity contribution in [3.8, 4) is 0 Å². The standard InChI is InChI=1S/C21H23NO3/c1-15(23)8-11-20(24)22-12-4-7-19(14-22)21(25)18-10-9-16-5-2-3-6-17(16)13-18/h2-3,5-6,9-10,13,19H,4,7-8,11-12,14H2,1H3. The number of carbonyl (C=O) groups excluding carboxylic acids is 3. The van der Waals surface area contributed by atoms with Gasteiger partial charge >= 0.3 is 0 Å². The lowest BCUT2D eigenvalue weighted by Gasteiger charge is -2.32. The van der Waals surface area contributed by atoms with Gasteiger partial charge in [0, 0.05) is 37.4 Å². The van der Waals surface area contributed by atoms with Crippen LogP contribution in [0.5, 0.6) is 0 Å². The first-order valence-electron chi connectivity index (χ1n) is 8.85. The molecule has 1 aliphatic heterocycles. The monoisotopic (exact) mass is 337 g/mol. The van der Waals surface area contributed by atoms with E-state index in [9.17, 15) is 14.4 Å². The molecule has 1 unspecified atom stereocenters. The van der Waals surface area contributed by atoms with E-state index >= 15 is 0 Å². The zero-order valence-corrected chi connectivity index (χ0v) is 14.5. The van der Waals surface area contributed by atoms with Crippen molar-refractivity contribution in [2.24, 2.45) is 5.92 Å². The van der Waals surface area contributed by atoms with Crippen LogP contribution in [0.4, 0.5) is 0 Å². The van der Waals surface area contributed by atoms with Crippen molar-refractivity contribution >= 4 is 28.2 Å². The molecule has 4 nitrogen and oxygen atoms in total. The van der Waals surface area contributed by atoms with E-state index < -0.39 is 0 Å². The van der Waals surface area contributed by atoms with Crippen molar-refractivity contribution in [1.82, 2.24) is 4.90 Å². The molecule has 0 bridgehead atoms. The van der Waals surface area contributed by atoms with Gasteiger partial charge in [0.05, 0.1) is 0 Å². The van der Waals surface area contributed by atoms with Crippen LogP contribution in [0.2, 0.25) is 0 Å². The van der Waals surface area contributed by atoms with Gasteiger partial charge in [-0.2, -0.15) is 0 Å². The molecule has 0 spiro atoms. The SMILES string of the molecule is CC(=O)CCC(=O)N1CCCC(C(=O)c2ccc3ccccc3c2)C1. The summed E-state index contributed by atoms with van der Waals surface area (Å²) in [6.45, 7) is 2.64. The minimum atomic E-state index is -0.156. The van der Waals surface area contributed by atoms with Crippen molar-refractivity contribution < 1.29 is 14.4 Å². The number of piperidine rings is 1. The fourth-order valence-corrected chi connectivity index (χ4v) is 3.44. The Bertz CT molecular complexity index is 812. The molecule has 0 radical (unpaired) electrons. The second kappa shape index (κ2) is 7.60. The fourth-order valence-electron chi connectivity index (χ4n) is 3.44. The van der Waals surface area contributed by atoms with Gasteiger partial charge in [0.2, 0.25) is 5.91 Å². The Morgan fingerprint density at radius 3 is 2.56 bits per heavy atom. The normalized spacial score (nSPS) is 17.5. The summed E-state index contributed by atoms with van der Waals surface area (Å²) in [5.74, 6) is -0.0497. The highest BCUT2D eigenvalue weighted by Crippen LogP contribution is 2.24. The summed E-state index contributed by atoms with van der Waals surface area (Å²) in [7, 11) is 0. The number of fused-ring (bicyclic) bond motifs is 1. The minimum absolute atomic E-state index is 0.0220. The van der Waals surface area contributed by atoms with E-state index in [1.807, 2.05) is 42.5 Å². The quantitative estimate of drug-likeness (QED) is 0.783. The number of carbonyl (C=O) groups is 3. The van der Waals surface area contributed by atoms with Gasteiger partial charge in [-0.3, -0.25) is 9.59 Å². The molecule has 1 saturated heterocycles. The molecule has 1 fully saturated rings. The molecule has 0 saturated carbocycles. The highest BCUT2D eigenvalue weighted by molar-refractivity contribution is 6.01. The molecule has 0 aromatic heterocycles. The first-order valence-corrected chi connectivity index (χ1v) is 8.85. The Hall–Kier alpha value is -2.49. The van der Waals surface area contributed by atoms with Crippen LogP contribution in [0, 0.1) is 5.92 Å². The topological polar surface area (TPSA) is 54.5 Å². The second-order valence-electron chi connectivity index (χ2n) is 6.81. The van der Waals surface area contributed by atoms with Gasteiger partial charge in [-0.1, -0.05) is 36.4 Å².